The summed E-state index contributed by atoms with van der Waals surface area (Å²) in [6.45, 7) is 3.01. The zero-order chi connectivity index (χ0) is 17.8. The molecule has 7 heteroatoms. The van der Waals surface area contributed by atoms with Gasteiger partial charge in [0.25, 0.3) is 11.8 Å². The van der Waals surface area contributed by atoms with Gasteiger partial charge in [0.15, 0.2) is 5.76 Å². The molecule has 2 unspecified atom stereocenters. The fourth-order valence-corrected chi connectivity index (χ4v) is 3.16. The molecule has 3 rings (SSSR count). The molecule has 1 saturated heterocycles. The van der Waals surface area contributed by atoms with E-state index in [1.807, 2.05) is 6.07 Å². The van der Waals surface area contributed by atoms with E-state index in [2.05, 4.69) is 17.6 Å². The summed E-state index contributed by atoms with van der Waals surface area (Å²) in [7, 11) is 1.64. The molecule has 2 N–H and O–H groups in total. The minimum Gasteiger partial charge on any atom is -0.459 e. The molecule has 1 aliphatic rings. The molecule has 0 radical (unpaired) electrons. The van der Waals surface area contributed by atoms with Crippen molar-refractivity contribution in [2.75, 3.05) is 18.5 Å². The van der Waals surface area contributed by atoms with Crippen LogP contribution in [-0.4, -0.2) is 37.5 Å². The van der Waals surface area contributed by atoms with Gasteiger partial charge in [0.05, 0.1) is 17.5 Å². The number of carbonyl (C=O) groups is 2. The summed E-state index contributed by atoms with van der Waals surface area (Å²) in [6.07, 6.45) is 3.26. The second kappa shape index (κ2) is 8.87. The Bertz CT molecular complexity index is 748. The van der Waals surface area contributed by atoms with Crippen LogP contribution in [0.4, 0.5) is 5.69 Å². The molecular formula is C19H24ClN3O3. The normalized spacial score (nSPS) is 19.3. The number of hydrogen-bond donors (Lipinski definition) is 2. The van der Waals surface area contributed by atoms with Crippen molar-refractivity contribution in [2.45, 2.75) is 31.8 Å². The van der Waals surface area contributed by atoms with Crippen molar-refractivity contribution in [3.63, 3.8) is 0 Å². The lowest BCUT2D eigenvalue weighted by molar-refractivity contribution is 0.0926. The molecule has 0 saturated carbocycles. The highest BCUT2D eigenvalue weighted by atomic mass is 35.5. The monoisotopic (exact) mass is 377 g/mol. The van der Waals surface area contributed by atoms with Crippen LogP contribution in [0.3, 0.4) is 0 Å². The van der Waals surface area contributed by atoms with Crippen LogP contribution in [0, 0.1) is 0 Å². The smallest absolute Gasteiger partial charge is 0.293 e. The Balaban J connectivity index is 0.00000243. The van der Waals surface area contributed by atoms with Crippen LogP contribution >= 0.6 is 12.4 Å². The van der Waals surface area contributed by atoms with E-state index in [4.69, 9.17) is 4.42 Å². The van der Waals surface area contributed by atoms with Gasteiger partial charge in [-0.1, -0.05) is 12.1 Å². The van der Waals surface area contributed by atoms with Crippen LogP contribution in [0.5, 0.6) is 0 Å². The molecule has 0 aliphatic carbocycles. The molecule has 140 valence electrons. The lowest BCUT2D eigenvalue weighted by Gasteiger charge is -2.29. The van der Waals surface area contributed by atoms with Crippen LogP contribution in [-0.2, 0) is 0 Å². The van der Waals surface area contributed by atoms with Crippen molar-refractivity contribution in [1.82, 2.24) is 10.6 Å². The predicted octanol–water partition coefficient (Wildman–Crippen LogP) is 2.85. The largest absolute Gasteiger partial charge is 0.459 e. The van der Waals surface area contributed by atoms with E-state index in [9.17, 15) is 9.59 Å². The number of para-hydroxylation sites is 1. The first-order chi connectivity index (χ1) is 12.1. The molecule has 1 aromatic carbocycles. The van der Waals surface area contributed by atoms with Gasteiger partial charge in [0.1, 0.15) is 0 Å². The lowest BCUT2D eigenvalue weighted by Crippen LogP contribution is -2.46. The number of anilines is 1. The van der Waals surface area contributed by atoms with E-state index in [0.717, 1.165) is 19.4 Å². The standard InChI is InChI=1S/C19H23N3O3.ClH/c1-13-12-14(9-10-20-13)21-18(23)15-6-3-4-7-16(15)22(2)19(24)17-8-5-11-25-17;/h3-8,11,13-14,20H,9-10,12H2,1-2H3,(H,21,23);1H. The number of amides is 2. The van der Waals surface area contributed by atoms with Gasteiger partial charge in [-0.3, -0.25) is 9.59 Å². The zero-order valence-electron chi connectivity index (χ0n) is 14.9. The summed E-state index contributed by atoms with van der Waals surface area (Å²) in [5.74, 6) is -0.209. The second-order valence-corrected chi connectivity index (χ2v) is 6.41. The Labute approximate surface area is 159 Å². The second-order valence-electron chi connectivity index (χ2n) is 6.41. The Kier molecular flexibility index (Phi) is 6.83. The quantitative estimate of drug-likeness (QED) is 0.859. The number of benzene rings is 1. The Morgan fingerprint density at radius 2 is 2.00 bits per heavy atom. The van der Waals surface area contributed by atoms with Crippen molar-refractivity contribution in [3.8, 4) is 0 Å². The van der Waals surface area contributed by atoms with Crippen LogP contribution in [0.15, 0.2) is 47.1 Å². The van der Waals surface area contributed by atoms with Crippen LogP contribution in [0.25, 0.3) is 0 Å². The minimum absolute atomic E-state index is 0. The third-order valence-electron chi connectivity index (χ3n) is 4.51. The molecule has 6 nitrogen and oxygen atoms in total. The van der Waals surface area contributed by atoms with E-state index in [1.165, 1.54) is 11.2 Å². The molecule has 2 aromatic rings. The molecule has 1 aromatic heterocycles. The van der Waals surface area contributed by atoms with Gasteiger partial charge in [-0.2, -0.15) is 0 Å². The van der Waals surface area contributed by atoms with Gasteiger partial charge in [-0.25, -0.2) is 0 Å². The molecule has 2 heterocycles. The number of nitrogens with one attached hydrogen (secondary N) is 2. The molecule has 26 heavy (non-hydrogen) atoms. The van der Waals surface area contributed by atoms with Gasteiger partial charge in [-0.05, 0) is 50.6 Å². The van der Waals surface area contributed by atoms with Crippen molar-refractivity contribution in [2.24, 2.45) is 0 Å². The third-order valence-corrected chi connectivity index (χ3v) is 4.51. The highest BCUT2D eigenvalue weighted by Gasteiger charge is 2.24. The van der Waals surface area contributed by atoms with Crippen molar-refractivity contribution in [3.05, 3.63) is 54.0 Å². The first kappa shape index (κ1) is 20.0. The summed E-state index contributed by atoms with van der Waals surface area (Å²) in [5.41, 5.74) is 1.04. The van der Waals surface area contributed by atoms with Crippen LogP contribution in [0.1, 0.15) is 40.7 Å². The van der Waals surface area contributed by atoms with Gasteiger partial charge < -0.3 is 20.0 Å². The van der Waals surface area contributed by atoms with E-state index >= 15 is 0 Å². The molecule has 1 fully saturated rings. The number of piperidine rings is 1. The van der Waals surface area contributed by atoms with Gasteiger partial charge in [0, 0.05) is 19.1 Å². The Morgan fingerprint density at radius 3 is 2.69 bits per heavy atom. The van der Waals surface area contributed by atoms with Crippen molar-refractivity contribution < 1.29 is 14.0 Å². The maximum absolute atomic E-state index is 12.8. The van der Waals surface area contributed by atoms with Crippen LogP contribution in [0.2, 0.25) is 0 Å². The average molecular weight is 378 g/mol. The van der Waals surface area contributed by atoms with Gasteiger partial charge in [0.2, 0.25) is 0 Å². The minimum atomic E-state index is -0.291. The fraction of sp³-hybridized carbons (Fsp3) is 0.368. The summed E-state index contributed by atoms with van der Waals surface area (Å²) in [4.78, 5) is 26.7. The van der Waals surface area contributed by atoms with Gasteiger partial charge in [-0.15, -0.1) is 12.4 Å². The Morgan fingerprint density at radius 1 is 1.23 bits per heavy atom. The molecule has 0 bridgehead atoms. The average Bonchev–Trinajstić information content (AvgIpc) is 3.15. The summed E-state index contributed by atoms with van der Waals surface area (Å²) >= 11 is 0. The molecule has 2 atom stereocenters. The van der Waals surface area contributed by atoms with Crippen molar-refractivity contribution >= 4 is 29.9 Å². The lowest BCUT2D eigenvalue weighted by atomic mass is 10.00. The molecule has 1 aliphatic heterocycles. The zero-order valence-corrected chi connectivity index (χ0v) is 15.7. The number of carbonyl (C=O) groups excluding carboxylic acids is 2. The first-order valence-corrected chi connectivity index (χ1v) is 8.51. The summed E-state index contributed by atoms with van der Waals surface area (Å²) in [5, 5.41) is 6.46. The number of hydrogen-bond acceptors (Lipinski definition) is 4. The highest BCUT2D eigenvalue weighted by molar-refractivity contribution is 6.09. The first-order valence-electron chi connectivity index (χ1n) is 8.51. The number of rotatable bonds is 4. The maximum Gasteiger partial charge on any atom is 0.293 e. The van der Waals surface area contributed by atoms with E-state index in [0.29, 0.717) is 17.3 Å². The maximum atomic E-state index is 12.8. The SMILES string of the molecule is CC1CC(NC(=O)c2ccccc2N(C)C(=O)c2ccco2)CCN1.Cl. The summed E-state index contributed by atoms with van der Waals surface area (Å²) in [6, 6.07) is 10.9. The molecule has 0 spiro atoms. The van der Waals surface area contributed by atoms with Gasteiger partial charge >= 0.3 is 0 Å². The molecular weight excluding hydrogens is 354 g/mol. The number of nitrogens with zero attached hydrogens (tertiary/aromatic N) is 1. The third kappa shape index (κ3) is 4.45. The van der Waals surface area contributed by atoms with E-state index in [-0.39, 0.29) is 36.0 Å². The number of halogens is 1. The van der Waals surface area contributed by atoms with Crippen LogP contribution < -0.4 is 15.5 Å². The van der Waals surface area contributed by atoms with Crippen molar-refractivity contribution in [1.29, 1.82) is 0 Å². The number of furan rings is 1. The van der Waals surface area contributed by atoms with E-state index < -0.39 is 0 Å². The Hall–Kier alpha value is -2.31. The highest BCUT2D eigenvalue weighted by Crippen LogP contribution is 2.22. The molecule has 2 amide bonds. The fourth-order valence-electron chi connectivity index (χ4n) is 3.16. The van der Waals surface area contributed by atoms with E-state index in [1.54, 1.807) is 37.4 Å². The summed E-state index contributed by atoms with van der Waals surface area (Å²) < 4.78 is 5.17. The topological polar surface area (TPSA) is 74.6 Å². The predicted molar refractivity (Wildman–Crippen MR) is 103 cm³/mol.